The predicted octanol–water partition coefficient (Wildman–Crippen LogP) is 5.47. The van der Waals surface area contributed by atoms with Gasteiger partial charge in [0.05, 0.1) is 29.4 Å². The maximum atomic E-state index is 13.4. The van der Waals surface area contributed by atoms with Gasteiger partial charge in [0.1, 0.15) is 5.54 Å². The molecule has 40 heavy (non-hydrogen) atoms. The summed E-state index contributed by atoms with van der Waals surface area (Å²) in [6, 6.07) is 10.2. The summed E-state index contributed by atoms with van der Waals surface area (Å²) in [5, 5.41) is 6.02. The highest BCUT2D eigenvalue weighted by Gasteiger charge is 2.49. The Morgan fingerprint density at radius 3 is 1.95 bits per heavy atom. The maximum Gasteiger partial charge on any atom is 0.416 e. The maximum absolute atomic E-state index is 13.4. The molecule has 0 spiro atoms. The first-order valence-electron chi connectivity index (χ1n) is 12.6. The molecule has 2 aromatic rings. The third kappa shape index (κ3) is 6.95. The number of piperidine rings is 1. The summed E-state index contributed by atoms with van der Waals surface area (Å²) in [5.74, 6) is -1.12. The van der Waals surface area contributed by atoms with E-state index in [0.29, 0.717) is 12.1 Å². The highest BCUT2D eigenvalue weighted by Crippen LogP contribution is 2.40. The molecule has 0 bridgehead atoms. The molecule has 2 unspecified atom stereocenters. The highest BCUT2D eigenvalue weighted by molar-refractivity contribution is 5.92. The summed E-state index contributed by atoms with van der Waals surface area (Å²) in [6.45, 7) is 6.21. The second kappa shape index (κ2) is 11.0. The molecule has 1 aliphatic heterocycles. The summed E-state index contributed by atoms with van der Waals surface area (Å²) in [5.41, 5.74) is 0.110. The van der Waals surface area contributed by atoms with E-state index in [2.05, 4.69) is 10.6 Å². The van der Waals surface area contributed by atoms with E-state index >= 15 is 0 Å². The van der Waals surface area contributed by atoms with Crippen LogP contribution in [0.5, 0.6) is 0 Å². The van der Waals surface area contributed by atoms with E-state index in [0.717, 1.165) is 5.56 Å². The van der Waals surface area contributed by atoms with Crippen LogP contribution in [0.15, 0.2) is 48.5 Å². The van der Waals surface area contributed by atoms with Crippen LogP contribution < -0.4 is 16.4 Å². The van der Waals surface area contributed by atoms with Crippen molar-refractivity contribution in [2.45, 2.75) is 70.1 Å². The van der Waals surface area contributed by atoms with Crippen LogP contribution in [-0.4, -0.2) is 30.5 Å². The van der Waals surface area contributed by atoms with Crippen LogP contribution in [-0.2, 0) is 32.2 Å². The summed E-state index contributed by atoms with van der Waals surface area (Å²) < 4.78 is 86.2. The lowest BCUT2D eigenvalue weighted by Crippen LogP contribution is -2.70. The van der Waals surface area contributed by atoms with Crippen LogP contribution in [0.1, 0.15) is 68.9 Å². The minimum atomic E-state index is -4.98. The molecule has 0 aromatic heterocycles. The second-order valence-electron chi connectivity index (χ2n) is 11.2. The minimum Gasteiger partial charge on any atom is -0.372 e. The van der Waals surface area contributed by atoms with Crippen LogP contribution in [0.3, 0.4) is 0 Å². The van der Waals surface area contributed by atoms with E-state index in [-0.39, 0.29) is 43.5 Å². The minimum absolute atomic E-state index is 0.0691. The van der Waals surface area contributed by atoms with Crippen LogP contribution in [0.4, 0.5) is 26.3 Å². The van der Waals surface area contributed by atoms with Crippen molar-refractivity contribution in [3.63, 3.8) is 0 Å². The van der Waals surface area contributed by atoms with Gasteiger partial charge in [0.25, 0.3) is 0 Å². The normalized spacial score (nSPS) is 22.9. The Morgan fingerprint density at radius 2 is 1.52 bits per heavy atom. The number of nitrogens with one attached hydrogen (secondary N) is 2. The standard InChI is InChI=1S/C28H33F6N3O3/c1-17(18-12-20(27(29,30)31)14-21(13-18)28(32,33)34)40-16-26(19-8-6-5-7-9-19)11-10-25(15-36-26,22(35)38)37-23(39)24(2,3)4/h5-9,12-14,17,36H,10-11,15-16H2,1-4H3,(H2,35,38)(H,37,39)/t17?,25-,26?/m0/s1. The van der Waals surface area contributed by atoms with Gasteiger partial charge in [-0.25, -0.2) is 0 Å². The molecule has 2 aromatic carbocycles. The van der Waals surface area contributed by atoms with Crippen molar-refractivity contribution in [3.05, 3.63) is 70.8 Å². The van der Waals surface area contributed by atoms with E-state index in [1.807, 2.05) is 0 Å². The molecular formula is C28H33F6N3O3. The van der Waals surface area contributed by atoms with Gasteiger partial charge >= 0.3 is 12.4 Å². The molecule has 1 fully saturated rings. The predicted molar refractivity (Wildman–Crippen MR) is 136 cm³/mol. The lowest BCUT2D eigenvalue weighted by atomic mass is 9.75. The van der Waals surface area contributed by atoms with Crippen LogP contribution in [0, 0.1) is 5.41 Å². The van der Waals surface area contributed by atoms with Gasteiger partial charge in [-0.2, -0.15) is 26.3 Å². The number of rotatable bonds is 7. The first-order chi connectivity index (χ1) is 18.3. The monoisotopic (exact) mass is 573 g/mol. The van der Waals surface area contributed by atoms with Gasteiger partial charge in [0, 0.05) is 12.0 Å². The van der Waals surface area contributed by atoms with Crippen molar-refractivity contribution < 1.29 is 40.7 Å². The van der Waals surface area contributed by atoms with E-state index in [1.165, 1.54) is 6.92 Å². The Morgan fingerprint density at radius 1 is 0.975 bits per heavy atom. The fourth-order valence-corrected chi connectivity index (χ4v) is 4.49. The number of ether oxygens (including phenoxy) is 1. The zero-order chi connectivity index (χ0) is 30.1. The topological polar surface area (TPSA) is 93.4 Å². The zero-order valence-electron chi connectivity index (χ0n) is 22.6. The summed E-state index contributed by atoms with van der Waals surface area (Å²) in [6.07, 6.45) is -10.8. The molecule has 0 aliphatic carbocycles. The average molecular weight is 574 g/mol. The number of hydrogen-bond donors (Lipinski definition) is 3. The largest absolute Gasteiger partial charge is 0.416 e. The van der Waals surface area contributed by atoms with E-state index < -0.39 is 52.0 Å². The van der Waals surface area contributed by atoms with Crippen LogP contribution in [0.2, 0.25) is 0 Å². The molecule has 6 nitrogen and oxygen atoms in total. The Labute approximate surface area is 228 Å². The van der Waals surface area contributed by atoms with Gasteiger partial charge in [-0.05, 0) is 49.1 Å². The molecule has 1 aliphatic rings. The number of carbonyl (C=O) groups is 2. The molecule has 3 atom stereocenters. The van der Waals surface area contributed by atoms with Crippen LogP contribution in [0.25, 0.3) is 0 Å². The Bertz CT molecular complexity index is 1180. The molecule has 220 valence electrons. The number of halogens is 6. The van der Waals surface area contributed by atoms with Gasteiger partial charge in [-0.1, -0.05) is 51.1 Å². The highest BCUT2D eigenvalue weighted by atomic mass is 19.4. The van der Waals surface area contributed by atoms with Crippen LogP contribution >= 0.6 is 0 Å². The number of carbonyl (C=O) groups excluding carboxylic acids is 2. The summed E-state index contributed by atoms with van der Waals surface area (Å²) in [7, 11) is 0. The lowest BCUT2D eigenvalue weighted by molar-refractivity contribution is -0.143. The van der Waals surface area contributed by atoms with Gasteiger partial charge in [0.2, 0.25) is 11.8 Å². The Kier molecular flexibility index (Phi) is 8.67. The van der Waals surface area contributed by atoms with Crippen molar-refractivity contribution in [2.75, 3.05) is 13.2 Å². The van der Waals surface area contributed by atoms with E-state index in [9.17, 15) is 35.9 Å². The molecular weight excluding hydrogens is 540 g/mol. The Hall–Kier alpha value is -3.12. The molecule has 12 heteroatoms. The van der Waals surface area contributed by atoms with E-state index in [4.69, 9.17) is 10.5 Å². The molecule has 1 heterocycles. The fraction of sp³-hybridized carbons (Fsp3) is 0.500. The van der Waals surface area contributed by atoms with Gasteiger partial charge in [0.15, 0.2) is 0 Å². The first-order valence-corrected chi connectivity index (χ1v) is 12.6. The van der Waals surface area contributed by atoms with Crippen molar-refractivity contribution in [1.82, 2.24) is 10.6 Å². The van der Waals surface area contributed by atoms with Crippen molar-refractivity contribution >= 4 is 11.8 Å². The fourth-order valence-electron chi connectivity index (χ4n) is 4.49. The number of alkyl halides is 6. The van der Waals surface area contributed by atoms with Gasteiger partial charge in [-0.3, -0.25) is 9.59 Å². The molecule has 2 amide bonds. The lowest BCUT2D eigenvalue weighted by Gasteiger charge is -2.47. The molecule has 0 radical (unpaired) electrons. The third-order valence-electron chi connectivity index (χ3n) is 7.20. The number of nitrogens with two attached hydrogens (primary N) is 1. The number of amides is 2. The van der Waals surface area contributed by atoms with Crippen molar-refractivity contribution in [1.29, 1.82) is 0 Å². The molecule has 3 rings (SSSR count). The third-order valence-corrected chi connectivity index (χ3v) is 7.20. The molecule has 0 saturated carbocycles. The summed E-state index contributed by atoms with van der Waals surface area (Å²) >= 11 is 0. The average Bonchev–Trinajstić information content (AvgIpc) is 2.86. The molecule has 1 saturated heterocycles. The SMILES string of the molecule is CC(OCC1(c2ccccc2)CC[C@@](NC(=O)C(C)(C)C)(C(N)=O)CN1)c1cc(C(F)(F)F)cc(C(F)(F)F)c1. The smallest absolute Gasteiger partial charge is 0.372 e. The Balaban J connectivity index is 1.91. The van der Waals surface area contributed by atoms with Crippen molar-refractivity contribution in [2.24, 2.45) is 11.1 Å². The van der Waals surface area contributed by atoms with Crippen molar-refractivity contribution in [3.8, 4) is 0 Å². The van der Waals surface area contributed by atoms with Gasteiger partial charge in [-0.15, -0.1) is 0 Å². The summed E-state index contributed by atoms with van der Waals surface area (Å²) in [4.78, 5) is 25.2. The molecule has 4 N–H and O–H groups in total. The number of benzene rings is 2. The second-order valence-corrected chi connectivity index (χ2v) is 11.2. The number of primary amides is 1. The zero-order valence-corrected chi connectivity index (χ0v) is 22.6. The quantitative estimate of drug-likeness (QED) is 0.383. The van der Waals surface area contributed by atoms with E-state index in [1.54, 1.807) is 51.1 Å². The van der Waals surface area contributed by atoms with Gasteiger partial charge < -0.3 is 21.1 Å². The first kappa shape index (κ1) is 31.4. The number of hydrogen-bond acceptors (Lipinski definition) is 4.